The number of nitrogens with one attached hydrogen (secondary N) is 1. The van der Waals surface area contributed by atoms with Crippen LogP contribution in [-0.4, -0.2) is 35.1 Å². The van der Waals surface area contributed by atoms with Gasteiger partial charge in [0.2, 0.25) is 10.0 Å². The highest BCUT2D eigenvalue weighted by Crippen LogP contribution is 2.33. The van der Waals surface area contributed by atoms with Gasteiger partial charge in [-0.2, -0.15) is 0 Å². The van der Waals surface area contributed by atoms with E-state index in [1.807, 2.05) is 48.5 Å². The minimum absolute atomic E-state index is 0.107. The number of benzene rings is 4. The molecule has 0 bridgehead atoms. The second-order valence-electron chi connectivity index (χ2n) is 10.8. The van der Waals surface area contributed by atoms with E-state index in [0.29, 0.717) is 31.1 Å². The predicted molar refractivity (Wildman–Crippen MR) is 183 cm³/mol. The van der Waals surface area contributed by atoms with Crippen LogP contribution in [-0.2, 0) is 46.0 Å². The van der Waals surface area contributed by atoms with Crippen molar-refractivity contribution >= 4 is 51.7 Å². The predicted octanol–water partition coefficient (Wildman–Crippen LogP) is 7.29. The van der Waals surface area contributed by atoms with Crippen LogP contribution >= 0.6 is 31.9 Å². The number of hydrogen-bond acceptors (Lipinski definition) is 6. The topological polar surface area (TPSA) is 98.8 Å². The van der Waals surface area contributed by atoms with Crippen LogP contribution in [0.3, 0.4) is 0 Å². The minimum atomic E-state index is -3.28. The fourth-order valence-corrected chi connectivity index (χ4v) is 6.80. The average Bonchev–Trinajstić information content (AvgIpc) is 2.95. The Kier molecular flexibility index (Phi) is 11.3. The summed E-state index contributed by atoms with van der Waals surface area (Å²) in [6.45, 7) is 5.15. The molecule has 0 radical (unpaired) electrons. The fraction of sp³-hybridized carbons (Fsp3) is 0.273. The van der Waals surface area contributed by atoms with Gasteiger partial charge in [0.05, 0.1) is 21.0 Å². The highest BCUT2D eigenvalue weighted by Gasteiger charge is 2.14. The Morgan fingerprint density at radius 3 is 1.61 bits per heavy atom. The summed E-state index contributed by atoms with van der Waals surface area (Å²) < 4.78 is 62.2. The number of sulfone groups is 1. The summed E-state index contributed by atoms with van der Waals surface area (Å²) in [5.41, 5.74) is 8.33. The first-order valence-electron chi connectivity index (χ1n) is 13.8. The highest BCUT2D eigenvalue weighted by atomic mass is 79.9. The van der Waals surface area contributed by atoms with E-state index < -0.39 is 19.9 Å². The molecule has 0 aliphatic heterocycles. The highest BCUT2D eigenvalue weighted by molar-refractivity contribution is 9.11. The van der Waals surface area contributed by atoms with Crippen molar-refractivity contribution in [1.29, 1.82) is 0 Å². The molecule has 4 aromatic rings. The van der Waals surface area contributed by atoms with Gasteiger partial charge in [-0.15, -0.1) is 0 Å². The fourth-order valence-electron chi connectivity index (χ4n) is 4.68. The van der Waals surface area contributed by atoms with Crippen molar-refractivity contribution in [2.75, 3.05) is 18.3 Å². The van der Waals surface area contributed by atoms with E-state index in [4.69, 9.17) is 9.47 Å². The van der Waals surface area contributed by atoms with Crippen LogP contribution in [0.25, 0.3) is 11.1 Å². The molecule has 0 amide bonds. The lowest BCUT2D eigenvalue weighted by Gasteiger charge is -2.17. The van der Waals surface area contributed by atoms with E-state index in [2.05, 4.69) is 74.7 Å². The van der Waals surface area contributed by atoms with Crippen molar-refractivity contribution in [2.24, 2.45) is 0 Å². The maximum absolute atomic E-state index is 11.5. The molecule has 11 heteroatoms. The quantitative estimate of drug-likeness (QED) is 0.154. The smallest absolute Gasteiger partial charge is 0.209 e. The molecule has 0 saturated carbocycles. The van der Waals surface area contributed by atoms with E-state index in [1.165, 1.54) is 6.26 Å². The van der Waals surface area contributed by atoms with E-state index in [0.717, 1.165) is 59.7 Å². The maximum Gasteiger partial charge on any atom is 0.209 e. The zero-order chi connectivity index (χ0) is 32.1. The lowest BCUT2D eigenvalue weighted by molar-refractivity contribution is 0.303. The van der Waals surface area contributed by atoms with Gasteiger partial charge in [0, 0.05) is 12.8 Å². The molecule has 0 aliphatic rings. The molecular formula is C33H35Br2NO6S2. The van der Waals surface area contributed by atoms with Gasteiger partial charge in [-0.3, -0.25) is 0 Å². The number of rotatable bonds is 13. The molecule has 0 unspecified atom stereocenters. The Balaban J connectivity index is 1.45. The minimum Gasteiger partial charge on any atom is -0.488 e. The van der Waals surface area contributed by atoms with E-state index in [-0.39, 0.29) is 12.3 Å². The van der Waals surface area contributed by atoms with Crippen molar-refractivity contribution in [3.63, 3.8) is 0 Å². The van der Waals surface area contributed by atoms with Gasteiger partial charge in [-0.25, -0.2) is 21.6 Å². The third kappa shape index (κ3) is 9.65. The second-order valence-corrected chi connectivity index (χ2v) is 16.6. The summed E-state index contributed by atoms with van der Waals surface area (Å²) in [5, 5.41) is 0. The summed E-state index contributed by atoms with van der Waals surface area (Å²) in [6, 6.07) is 23.6. The van der Waals surface area contributed by atoms with Gasteiger partial charge in [-0.1, -0.05) is 48.5 Å². The largest absolute Gasteiger partial charge is 0.488 e. The molecule has 7 nitrogen and oxygen atoms in total. The Morgan fingerprint density at radius 2 is 1.16 bits per heavy atom. The van der Waals surface area contributed by atoms with Crippen LogP contribution in [0.5, 0.6) is 11.5 Å². The Labute approximate surface area is 277 Å². The van der Waals surface area contributed by atoms with Crippen LogP contribution in [0.1, 0.15) is 33.4 Å². The first kappa shape index (κ1) is 34.2. The summed E-state index contributed by atoms with van der Waals surface area (Å²) in [5.74, 6) is 1.47. The lowest BCUT2D eigenvalue weighted by atomic mass is 9.92. The van der Waals surface area contributed by atoms with Crippen LogP contribution in [0.15, 0.2) is 81.7 Å². The van der Waals surface area contributed by atoms with Gasteiger partial charge in [0.1, 0.15) is 34.6 Å². The molecule has 4 aromatic carbocycles. The zero-order valence-electron chi connectivity index (χ0n) is 25.0. The van der Waals surface area contributed by atoms with Crippen LogP contribution in [0.4, 0.5) is 0 Å². The van der Waals surface area contributed by atoms with Gasteiger partial charge < -0.3 is 9.47 Å². The SMILES string of the molecule is Cc1c(COc2ccc(CCS(C)(=O)=O)cc2Br)cccc1-c1cccc(COc2ccc(CNS(C)(=O)=O)cc2Br)c1C. The molecule has 0 saturated heterocycles. The number of hydrogen-bond donors (Lipinski definition) is 1. The normalized spacial score (nSPS) is 11.9. The number of sulfonamides is 1. The van der Waals surface area contributed by atoms with Crippen molar-refractivity contribution in [3.8, 4) is 22.6 Å². The van der Waals surface area contributed by atoms with Crippen molar-refractivity contribution in [1.82, 2.24) is 4.72 Å². The van der Waals surface area contributed by atoms with E-state index in [1.54, 1.807) is 0 Å². The molecule has 0 aromatic heterocycles. The van der Waals surface area contributed by atoms with Crippen molar-refractivity contribution < 1.29 is 26.3 Å². The summed E-state index contributed by atoms with van der Waals surface area (Å²) in [4.78, 5) is 0. The Morgan fingerprint density at radius 1 is 0.682 bits per heavy atom. The van der Waals surface area contributed by atoms with Gasteiger partial charge in [0.25, 0.3) is 0 Å². The monoisotopic (exact) mass is 763 g/mol. The van der Waals surface area contributed by atoms with Gasteiger partial charge in [0.15, 0.2) is 0 Å². The number of halogens is 2. The number of aryl methyl sites for hydroxylation is 1. The zero-order valence-corrected chi connectivity index (χ0v) is 29.8. The molecule has 44 heavy (non-hydrogen) atoms. The van der Waals surface area contributed by atoms with Crippen LogP contribution in [0.2, 0.25) is 0 Å². The molecular weight excluding hydrogens is 730 g/mol. The molecule has 234 valence electrons. The molecule has 0 atom stereocenters. The van der Waals surface area contributed by atoms with E-state index in [9.17, 15) is 16.8 Å². The Bertz CT molecular complexity index is 1740. The molecule has 0 aliphatic carbocycles. The second kappa shape index (κ2) is 14.6. The van der Waals surface area contributed by atoms with Crippen LogP contribution in [0, 0.1) is 13.8 Å². The number of ether oxygens (including phenoxy) is 2. The van der Waals surface area contributed by atoms with Crippen LogP contribution < -0.4 is 14.2 Å². The van der Waals surface area contributed by atoms with Crippen molar-refractivity contribution in [3.05, 3.63) is 115 Å². The Hall–Kier alpha value is -2.70. The third-order valence-corrected chi connectivity index (χ3v) is 10.1. The maximum atomic E-state index is 11.5. The summed E-state index contributed by atoms with van der Waals surface area (Å²) in [7, 11) is -6.30. The third-order valence-electron chi connectivity index (χ3n) is 7.24. The lowest BCUT2D eigenvalue weighted by Crippen LogP contribution is -2.21. The first-order valence-corrected chi connectivity index (χ1v) is 19.4. The van der Waals surface area contributed by atoms with Crippen molar-refractivity contribution in [2.45, 2.75) is 40.0 Å². The first-order chi connectivity index (χ1) is 20.7. The summed E-state index contributed by atoms with van der Waals surface area (Å²) in [6.07, 6.45) is 2.83. The standard InChI is InChI=1S/C33H35Br2NO6S2/c1-22-26(20-41-32-13-11-24(17-30(32)34)15-16-43(3,37)38)7-5-9-28(22)29-10-6-8-27(23(29)2)21-42-33-14-12-25(18-31(33)35)19-36-44(4,39)40/h5-14,17-18,36H,15-16,19-21H2,1-4H3. The molecule has 0 fully saturated rings. The molecule has 1 N–H and O–H groups in total. The van der Waals surface area contributed by atoms with Gasteiger partial charge in [-0.05, 0) is 121 Å². The van der Waals surface area contributed by atoms with E-state index >= 15 is 0 Å². The molecule has 4 rings (SSSR count). The molecule has 0 heterocycles. The summed E-state index contributed by atoms with van der Waals surface area (Å²) >= 11 is 7.11. The molecule has 0 spiro atoms. The average molecular weight is 766 g/mol. The van der Waals surface area contributed by atoms with Gasteiger partial charge >= 0.3 is 0 Å².